The molecule has 2 N–H and O–H groups in total. The maximum absolute atomic E-state index is 12.9. The van der Waals surface area contributed by atoms with Crippen LogP contribution in [0.4, 0.5) is 5.95 Å². The van der Waals surface area contributed by atoms with Crippen LogP contribution in [0.3, 0.4) is 0 Å². The Labute approximate surface area is 186 Å². The van der Waals surface area contributed by atoms with Crippen LogP contribution < -0.4 is 15.9 Å². The third-order valence-corrected chi connectivity index (χ3v) is 5.26. The first-order chi connectivity index (χ1) is 14.6. The largest absolute Gasteiger partial charge is 0.341 e. The Morgan fingerprint density at radius 1 is 1.07 bits per heavy atom. The number of hydrogen-bond donors (Lipinski definition) is 2. The minimum absolute atomic E-state index is 0.0599. The molecule has 7 nitrogen and oxygen atoms in total. The van der Waals surface area contributed by atoms with Crippen LogP contribution in [0.5, 0.6) is 0 Å². The van der Waals surface area contributed by atoms with Crippen LogP contribution in [-0.4, -0.2) is 22.1 Å². The van der Waals surface area contributed by atoms with Crippen LogP contribution in [-0.2, 0) is 0 Å². The van der Waals surface area contributed by atoms with Crippen molar-refractivity contribution in [1.82, 2.24) is 15.3 Å². The summed E-state index contributed by atoms with van der Waals surface area (Å²) in [6, 6.07) is 18.8. The van der Waals surface area contributed by atoms with Crippen molar-refractivity contribution in [3.63, 3.8) is 0 Å². The molecule has 1 aliphatic rings. The molecule has 1 aromatic heterocycles. The van der Waals surface area contributed by atoms with Gasteiger partial charge in [0.1, 0.15) is 5.56 Å². The van der Waals surface area contributed by atoms with Crippen molar-refractivity contribution in [2.45, 2.75) is 12.5 Å². The number of nitrogens with zero attached hydrogens (tertiary/aromatic N) is 3. The summed E-state index contributed by atoms with van der Waals surface area (Å²) in [5, 5.41) is 8.62. The van der Waals surface area contributed by atoms with Gasteiger partial charge in [-0.25, -0.2) is 9.99 Å². The van der Waals surface area contributed by atoms with E-state index < -0.39 is 17.5 Å². The van der Waals surface area contributed by atoms with E-state index in [2.05, 4.69) is 43.0 Å². The summed E-state index contributed by atoms with van der Waals surface area (Å²) in [6.07, 6.45) is 5.52. The van der Waals surface area contributed by atoms with E-state index >= 15 is 0 Å². The van der Waals surface area contributed by atoms with Crippen molar-refractivity contribution in [1.29, 1.82) is 0 Å². The Hall–Kier alpha value is -3.27. The minimum atomic E-state index is -0.526. The van der Waals surface area contributed by atoms with Crippen molar-refractivity contribution in [3.05, 3.63) is 104 Å². The van der Waals surface area contributed by atoms with Crippen LogP contribution in [0.1, 0.15) is 33.9 Å². The first-order valence-corrected chi connectivity index (χ1v) is 10.4. The lowest BCUT2D eigenvalue weighted by Gasteiger charge is -2.20. The first kappa shape index (κ1) is 20.0. The highest BCUT2D eigenvalue weighted by atomic mass is 127. The number of hydrazone groups is 1. The average Bonchev–Trinajstić information content (AvgIpc) is 2.78. The van der Waals surface area contributed by atoms with Crippen molar-refractivity contribution >= 4 is 40.7 Å². The molecule has 0 bridgehead atoms. The summed E-state index contributed by atoms with van der Waals surface area (Å²) in [6.45, 7) is 0. The predicted octanol–water partition coefficient (Wildman–Crippen LogP) is 3.76. The summed E-state index contributed by atoms with van der Waals surface area (Å²) in [5.41, 5.74) is 1.25. The summed E-state index contributed by atoms with van der Waals surface area (Å²) >= 11 is 2.19. The Kier molecular flexibility index (Phi) is 6.03. The van der Waals surface area contributed by atoms with E-state index in [0.717, 1.165) is 21.1 Å². The van der Waals surface area contributed by atoms with Gasteiger partial charge in [-0.05, 0) is 33.7 Å². The van der Waals surface area contributed by atoms with E-state index in [1.54, 1.807) is 12.4 Å². The smallest absolute Gasteiger partial charge is 0.265 e. The van der Waals surface area contributed by atoms with Crippen molar-refractivity contribution in [3.8, 4) is 0 Å². The van der Waals surface area contributed by atoms with Gasteiger partial charge in [-0.15, -0.1) is 0 Å². The maximum Gasteiger partial charge on any atom is 0.265 e. The number of anilines is 1. The highest BCUT2D eigenvalue weighted by Gasteiger charge is 2.20. The molecule has 0 spiro atoms. The maximum atomic E-state index is 12.9. The average molecular weight is 511 g/mol. The minimum Gasteiger partial charge on any atom is -0.341 e. The fraction of sp³-hybridized carbons (Fsp3) is 0.0909. The molecule has 4 rings (SSSR count). The van der Waals surface area contributed by atoms with Gasteiger partial charge in [-0.1, -0.05) is 60.7 Å². The predicted molar refractivity (Wildman–Crippen MR) is 125 cm³/mol. The molecule has 0 fully saturated rings. The number of amides is 1. The summed E-state index contributed by atoms with van der Waals surface area (Å²) in [4.78, 5) is 32.4. The van der Waals surface area contributed by atoms with Gasteiger partial charge in [-0.3, -0.25) is 14.6 Å². The third-order valence-electron chi connectivity index (χ3n) is 4.54. The Balaban J connectivity index is 1.61. The van der Waals surface area contributed by atoms with E-state index in [4.69, 9.17) is 0 Å². The molecule has 1 amide bonds. The number of rotatable bonds is 5. The second-order valence-corrected chi connectivity index (χ2v) is 7.99. The molecule has 0 atom stereocenters. The zero-order valence-electron chi connectivity index (χ0n) is 15.8. The van der Waals surface area contributed by atoms with Gasteiger partial charge in [0.05, 0.1) is 6.04 Å². The highest BCUT2D eigenvalue weighted by molar-refractivity contribution is 14.1. The second-order valence-electron chi connectivity index (χ2n) is 6.60. The van der Waals surface area contributed by atoms with Gasteiger partial charge in [-0.2, -0.15) is 5.10 Å². The fourth-order valence-electron chi connectivity index (χ4n) is 3.07. The van der Waals surface area contributed by atoms with Gasteiger partial charge in [0.25, 0.3) is 11.5 Å². The van der Waals surface area contributed by atoms with Gasteiger partial charge in [0.15, 0.2) is 0 Å². The van der Waals surface area contributed by atoms with Crippen LogP contribution in [0.15, 0.2) is 86.5 Å². The van der Waals surface area contributed by atoms with Crippen molar-refractivity contribution in [2.24, 2.45) is 5.10 Å². The van der Waals surface area contributed by atoms with E-state index in [1.807, 2.05) is 60.7 Å². The van der Waals surface area contributed by atoms with Crippen molar-refractivity contribution < 1.29 is 4.79 Å². The summed E-state index contributed by atoms with van der Waals surface area (Å²) < 4.78 is 1.06. The molecule has 2 heterocycles. The molecule has 150 valence electrons. The quantitative estimate of drug-likeness (QED) is 0.511. The number of carbonyl (C=O) groups is 1. The number of halogens is 1. The first-order valence-electron chi connectivity index (χ1n) is 9.30. The number of allylic oxidation sites excluding steroid dienone is 1. The number of carbonyl (C=O) groups excluding carboxylic acids is 1. The number of nitrogens with one attached hydrogen (secondary N) is 2. The third kappa shape index (κ3) is 4.48. The normalized spacial score (nSPS) is 13.3. The number of H-pyrrole nitrogens is 1. The molecule has 0 unspecified atom stereocenters. The molecule has 8 heteroatoms. The monoisotopic (exact) mass is 511 g/mol. The van der Waals surface area contributed by atoms with Gasteiger partial charge >= 0.3 is 0 Å². The Bertz CT molecular complexity index is 1120. The van der Waals surface area contributed by atoms with E-state index in [-0.39, 0.29) is 11.5 Å². The van der Waals surface area contributed by atoms with Crippen LogP contribution in [0, 0.1) is 0 Å². The highest BCUT2D eigenvalue weighted by Crippen LogP contribution is 2.22. The molecule has 3 aromatic rings. The van der Waals surface area contributed by atoms with Crippen LogP contribution in [0.2, 0.25) is 0 Å². The number of benzene rings is 2. The molecular formula is C22H18IN5O2. The molecule has 0 saturated carbocycles. The summed E-state index contributed by atoms with van der Waals surface area (Å²) in [5.74, 6) is -0.246. The van der Waals surface area contributed by atoms with Gasteiger partial charge in [0.2, 0.25) is 5.95 Å². The Morgan fingerprint density at radius 2 is 1.70 bits per heavy atom. The molecule has 0 radical (unpaired) electrons. The van der Waals surface area contributed by atoms with E-state index in [1.165, 1.54) is 11.2 Å². The number of hydrogen-bond acceptors (Lipinski definition) is 5. The van der Waals surface area contributed by atoms with Gasteiger partial charge < -0.3 is 5.32 Å². The molecule has 1 aliphatic heterocycles. The molecule has 0 saturated heterocycles. The lowest BCUT2D eigenvalue weighted by atomic mass is 9.98. The summed E-state index contributed by atoms with van der Waals surface area (Å²) in [7, 11) is 0. The SMILES string of the molecule is O=C(NC(c1ccccc1)c1ccccc1)c1cnc(N2C=C(I)CC=N2)[nH]c1=O. The molecule has 0 aliphatic carbocycles. The van der Waals surface area contributed by atoms with Crippen molar-refractivity contribution in [2.75, 3.05) is 5.01 Å². The lowest BCUT2D eigenvalue weighted by Crippen LogP contribution is -2.34. The standard InChI is InChI=1S/C22H18IN5O2/c23-17-11-12-25-28(14-17)22-24-13-18(21(30)27-22)20(29)26-19(15-7-3-1-4-8-15)16-9-5-2-6-10-16/h1-10,12-14,19H,11H2,(H,26,29)(H,24,27,30). The number of aromatic nitrogens is 2. The van der Waals surface area contributed by atoms with E-state index in [9.17, 15) is 9.59 Å². The molecule has 2 aromatic carbocycles. The number of aromatic amines is 1. The zero-order chi connectivity index (χ0) is 20.9. The van der Waals surface area contributed by atoms with Gasteiger partial charge in [0, 0.05) is 28.6 Å². The topological polar surface area (TPSA) is 90.4 Å². The lowest BCUT2D eigenvalue weighted by molar-refractivity contribution is 0.0941. The molecule has 30 heavy (non-hydrogen) atoms. The van der Waals surface area contributed by atoms with E-state index in [0.29, 0.717) is 0 Å². The Morgan fingerprint density at radius 3 is 2.27 bits per heavy atom. The van der Waals surface area contributed by atoms with Crippen LogP contribution in [0.25, 0.3) is 0 Å². The van der Waals surface area contributed by atoms with Crippen LogP contribution >= 0.6 is 22.6 Å². The fourth-order valence-corrected chi connectivity index (χ4v) is 3.53. The zero-order valence-corrected chi connectivity index (χ0v) is 18.0. The molecular weight excluding hydrogens is 493 g/mol. The second kappa shape index (κ2) is 9.04.